The number of carbonyl (C=O) groups excluding carboxylic acids is 1. The van der Waals surface area contributed by atoms with Crippen LogP contribution >= 0.6 is 23.2 Å². The Morgan fingerprint density at radius 2 is 2.06 bits per heavy atom. The van der Waals surface area contributed by atoms with Crippen LogP contribution in [-0.4, -0.2) is 5.91 Å². The highest BCUT2D eigenvalue weighted by atomic mass is 35.5. The predicted molar refractivity (Wildman–Crippen MR) is 68.5 cm³/mol. The largest absolute Gasteiger partial charge is 0.370 e. The van der Waals surface area contributed by atoms with E-state index in [4.69, 9.17) is 28.9 Å². The minimum absolute atomic E-state index is 0.293. The van der Waals surface area contributed by atoms with Gasteiger partial charge in [0, 0.05) is 6.42 Å². The summed E-state index contributed by atoms with van der Waals surface area (Å²) in [7, 11) is 0. The summed E-state index contributed by atoms with van der Waals surface area (Å²) in [4.78, 5) is 10.6. The van der Waals surface area contributed by atoms with Crippen molar-refractivity contribution in [2.24, 2.45) is 5.73 Å². The Bertz CT molecular complexity index is 427. The number of allylic oxidation sites excluding steroid dienone is 2. The van der Waals surface area contributed by atoms with E-state index < -0.39 is 0 Å². The number of amides is 1. The molecule has 0 heterocycles. The molecule has 0 aliphatic carbocycles. The first kappa shape index (κ1) is 13.1. The fourth-order valence-corrected chi connectivity index (χ4v) is 1.59. The van der Waals surface area contributed by atoms with Gasteiger partial charge in [-0.05, 0) is 36.6 Å². The molecule has 0 fully saturated rings. The molecule has 0 saturated heterocycles. The van der Waals surface area contributed by atoms with Crippen molar-refractivity contribution in [1.82, 2.24) is 0 Å². The van der Waals surface area contributed by atoms with Gasteiger partial charge in [-0.3, -0.25) is 4.79 Å². The zero-order chi connectivity index (χ0) is 12.1. The van der Waals surface area contributed by atoms with Crippen molar-refractivity contribution in [3.8, 4) is 0 Å². The molecule has 0 aliphatic heterocycles. The molecule has 86 valence electrons. The number of hydrogen-bond donors (Lipinski definition) is 1. The summed E-state index contributed by atoms with van der Waals surface area (Å²) in [6, 6.07) is 5.45. The van der Waals surface area contributed by atoms with Crippen LogP contribution in [0.2, 0.25) is 10.0 Å². The molecular formula is C12H13Cl2NO. The molecule has 0 unspecified atom stereocenters. The van der Waals surface area contributed by atoms with E-state index in [-0.39, 0.29) is 5.91 Å². The second-order valence-electron chi connectivity index (χ2n) is 3.52. The van der Waals surface area contributed by atoms with Crippen LogP contribution in [0.15, 0.2) is 24.3 Å². The van der Waals surface area contributed by atoms with E-state index in [0.717, 1.165) is 11.1 Å². The molecule has 4 heteroatoms. The lowest BCUT2D eigenvalue weighted by Gasteiger charge is -2.03. The van der Waals surface area contributed by atoms with Gasteiger partial charge in [-0.15, -0.1) is 0 Å². The second-order valence-corrected chi connectivity index (χ2v) is 4.34. The van der Waals surface area contributed by atoms with E-state index >= 15 is 0 Å². The number of nitrogens with two attached hydrogens (primary N) is 1. The molecule has 1 aromatic rings. The number of rotatable bonds is 4. The van der Waals surface area contributed by atoms with Crippen molar-refractivity contribution >= 4 is 34.7 Å². The van der Waals surface area contributed by atoms with Gasteiger partial charge >= 0.3 is 0 Å². The Morgan fingerprint density at radius 3 is 2.62 bits per heavy atom. The molecule has 0 saturated carbocycles. The molecule has 1 amide bonds. The molecule has 0 bridgehead atoms. The van der Waals surface area contributed by atoms with Gasteiger partial charge in [-0.25, -0.2) is 0 Å². The Labute approximate surface area is 105 Å². The lowest BCUT2D eigenvalue weighted by Crippen LogP contribution is -2.08. The van der Waals surface area contributed by atoms with E-state index in [9.17, 15) is 4.79 Å². The summed E-state index contributed by atoms with van der Waals surface area (Å²) in [6.07, 6.45) is 2.96. The lowest BCUT2D eigenvalue weighted by atomic mass is 10.1. The maximum Gasteiger partial charge on any atom is 0.217 e. The number of carbonyl (C=O) groups is 1. The molecule has 2 N–H and O–H groups in total. The highest BCUT2D eigenvalue weighted by molar-refractivity contribution is 6.42. The van der Waals surface area contributed by atoms with E-state index in [0.29, 0.717) is 22.9 Å². The summed E-state index contributed by atoms with van der Waals surface area (Å²) in [6.45, 7) is 1.96. The van der Waals surface area contributed by atoms with Crippen molar-refractivity contribution in [3.63, 3.8) is 0 Å². The summed E-state index contributed by atoms with van der Waals surface area (Å²) < 4.78 is 0. The minimum Gasteiger partial charge on any atom is -0.370 e. The minimum atomic E-state index is -0.293. The predicted octanol–water partition coefficient (Wildman–Crippen LogP) is 3.66. The first-order valence-corrected chi connectivity index (χ1v) is 5.67. The SMILES string of the molecule is CC(=CCCC(N)=O)c1ccc(Cl)c(Cl)c1. The van der Waals surface area contributed by atoms with E-state index in [1.54, 1.807) is 12.1 Å². The van der Waals surface area contributed by atoms with Crippen LogP contribution in [0.5, 0.6) is 0 Å². The summed E-state index contributed by atoms with van der Waals surface area (Å²) >= 11 is 11.7. The fourth-order valence-electron chi connectivity index (χ4n) is 1.29. The summed E-state index contributed by atoms with van der Waals surface area (Å²) in [5.74, 6) is -0.293. The van der Waals surface area contributed by atoms with Gasteiger partial charge in [0.2, 0.25) is 5.91 Å². The average Bonchev–Trinajstić information content (AvgIpc) is 2.21. The monoisotopic (exact) mass is 257 g/mol. The van der Waals surface area contributed by atoms with Crippen molar-refractivity contribution in [2.75, 3.05) is 0 Å². The maximum absolute atomic E-state index is 10.6. The quantitative estimate of drug-likeness (QED) is 0.879. The molecule has 2 nitrogen and oxygen atoms in total. The van der Waals surface area contributed by atoms with Crippen LogP contribution in [0.1, 0.15) is 25.3 Å². The standard InChI is InChI=1S/C12H13Cl2NO/c1-8(3-2-4-12(15)16)9-5-6-10(13)11(14)7-9/h3,5-7H,2,4H2,1H3,(H2,15,16). The van der Waals surface area contributed by atoms with Crippen molar-refractivity contribution in [1.29, 1.82) is 0 Å². The first-order valence-electron chi connectivity index (χ1n) is 4.91. The molecule has 0 aliphatic rings. The number of halogens is 2. The third-order valence-corrected chi connectivity index (χ3v) is 2.96. The van der Waals surface area contributed by atoms with Gasteiger partial charge in [0.15, 0.2) is 0 Å². The Balaban J connectivity index is 2.75. The topological polar surface area (TPSA) is 43.1 Å². The van der Waals surface area contributed by atoms with Crippen molar-refractivity contribution in [2.45, 2.75) is 19.8 Å². The Hall–Kier alpha value is -0.990. The fraction of sp³-hybridized carbons (Fsp3) is 0.250. The van der Waals surface area contributed by atoms with E-state index in [2.05, 4.69) is 0 Å². The number of hydrogen-bond acceptors (Lipinski definition) is 1. The third-order valence-electron chi connectivity index (χ3n) is 2.22. The van der Waals surface area contributed by atoms with Crippen LogP contribution in [0.4, 0.5) is 0 Å². The summed E-state index contributed by atoms with van der Waals surface area (Å²) in [5, 5.41) is 1.07. The van der Waals surface area contributed by atoms with E-state index in [1.807, 2.05) is 19.1 Å². The molecular weight excluding hydrogens is 245 g/mol. The van der Waals surface area contributed by atoms with Gasteiger partial charge < -0.3 is 5.73 Å². The molecule has 0 atom stereocenters. The highest BCUT2D eigenvalue weighted by Crippen LogP contribution is 2.26. The van der Waals surface area contributed by atoms with Crippen molar-refractivity contribution < 1.29 is 4.79 Å². The van der Waals surface area contributed by atoms with Crippen LogP contribution in [0.25, 0.3) is 5.57 Å². The van der Waals surface area contributed by atoms with Gasteiger partial charge in [-0.1, -0.05) is 35.3 Å². The first-order chi connectivity index (χ1) is 7.50. The van der Waals surface area contributed by atoms with Crippen molar-refractivity contribution in [3.05, 3.63) is 39.9 Å². The second kappa shape index (κ2) is 5.92. The lowest BCUT2D eigenvalue weighted by molar-refractivity contribution is -0.117. The van der Waals surface area contributed by atoms with Crippen LogP contribution in [0, 0.1) is 0 Å². The zero-order valence-corrected chi connectivity index (χ0v) is 10.5. The van der Waals surface area contributed by atoms with E-state index in [1.165, 1.54) is 0 Å². The molecule has 0 radical (unpaired) electrons. The number of benzene rings is 1. The maximum atomic E-state index is 10.6. The average molecular weight is 258 g/mol. The van der Waals surface area contributed by atoms with Crippen LogP contribution in [0.3, 0.4) is 0 Å². The molecule has 0 aromatic heterocycles. The Morgan fingerprint density at radius 1 is 1.38 bits per heavy atom. The Kier molecular flexibility index (Phi) is 4.84. The number of primary amides is 1. The van der Waals surface area contributed by atoms with Gasteiger partial charge in [0.1, 0.15) is 0 Å². The molecule has 16 heavy (non-hydrogen) atoms. The summed E-state index contributed by atoms with van der Waals surface area (Å²) in [5.41, 5.74) is 7.11. The normalized spacial score (nSPS) is 11.6. The van der Waals surface area contributed by atoms with Crippen LogP contribution < -0.4 is 5.73 Å². The van der Waals surface area contributed by atoms with Gasteiger partial charge in [-0.2, -0.15) is 0 Å². The zero-order valence-electron chi connectivity index (χ0n) is 8.97. The molecule has 0 spiro atoms. The molecule has 1 aromatic carbocycles. The van der Waals surface area contributed by atoms with Crippen LogP contribution in [-0.2, 0) is 4.79 Å². The third kappa shape index (κ3) is 3.87. The van der Waals surface area contributed by atoms with Gasteiger partial charge in [0.25, 0.3) is 0 Å². The smallest absolute Gasteiger partial charge is 0.217 e. The van der Waals surface area contributed by atoms with Gasteiger partial charge in [0.05, 0.1) is 10.0 Å². The molecule has 1 rings (SSSR count). The highest BCUT2D eigenvalue weighted by Gasteiger charge is 2.01.